The smallest absolute Gasteiger partial charge is 0.264 e. The van der Waals surface area contributed by atoms with Crippen molar-refractivity contribution in [2.45, 2.75) is 51.2 Å². The standard InChI is InChI=1S/C29H34FN3O5S/c1-20(2)31-29(35)22(4)32(18-23-12-14-24(30)15-13-23)28(34)19-33(26-8-6-7-9-27(26)38-5)39(36,37)25-16-10-21(3)11-17-25/h6-17,20,22H,18-19H2,1-5H3,(H,31,35)/t22-/m1/s1. The molecule has 0 saturated carbocycles. The van der Waals surface area contributed by atoms with Crippen LogP contribution in [0.5, 0.6) is 5.75 Å². The number of sulfonamides is 1. The largest absolute Gasteiger partial charge is 0.495 e. The van der Waals surface area contributed by atoms with Crippen LogP contribution >= 0.6 is 0 Å². The Morgan fingerprint density at radius 3 is 2.15 bits per heavy atom. The van der Waals surface area contributed by atoms with E-state index in [0.29, 0.717) is 5.56 Å². The maximum Gasteiger partial charge on any atom is 0.264 e. The summed E-state index contributed by atoms with van der Waals surface area (Å²) < 4.78 is 47.7. The van der Waals surface area contributed by atoms with Gasteiger partial charge in [-0.15, -0.1) is 0 Å². The first-order chi connectivity index (χ1) is 18.4. The van der Waals surface area contributed by atoms with Gasteiger partial charge in [-0.2, -0.15) is 0 Å². The number of para-hydroxylation sites is 2. The van der Waals surface area contributed by atoms with Gasteiger partial charge in [-0.3, -0.25) is 13.9 Å². The van der Waals surface area contributed by atoms with Gasteiger partial charge in [0.05, 0.1) is 17.7 Å². The Kier molecular flexibility index (Phi) is 9.69. The van der Waals surface area contributed by atoms with Crippen molar-refractivity contribution >= 4 is 27.5 Å². The third kappa shape index (κ3) is 7.35. The zero-order chi connectivity index (χ0) is 28.7. The summed E-state index contributed by atoms with van der Waals surface area (Å²) in [5, 5.41) is 2.79. The predicted molar refractivity (Wildman–Crippen MR) is 148 cm³/mol. The lowest BCUT2D eigenvalue weighted by Gasteiger charge is -2.32. The minimum absolute atomic E-state index is 0.00231. The van der Waals surface area contributed by atoms with Crippen molar-refractivity contribution in [1.29, 1.82) is 0 Å². The molecule has 10 heteroatoms. The molecule has 3 rings (SSSR count). The summed E-state index contributed by atoms with van der Waals surface area (Å²) in [7, 11) is -2.81. The molecule has 3 aromatic rings. The van der Waals surface area contributed by atoms with Crippen molar-refractivity contribution in [1.82, 2.24) is 10.2 Å². The lowest BCUT2D eigenvalue weighted by molar-refractivity contribution is -0.139. The van der Waals surface area contributed by atoms with Gasteiger partial charge in [0.25, 0.3) is 10.0 Å². The second-order valence-corrected chi connectivity index (χ2v) is 11.3. The van der Waals surface area contributed by atoms with Crippen LogP contribution < -0.4 is 14.4 Å². The second-order valence-electron chi connectivity index (χ2n) is 9.48. The number of hydrogen-bond acceptors (Lipinski definition) is 5. The maximum absolute atomic E-state index is 13.9. The Labute approximate surface area is 229 Å². The monoisotopic (exact) mass is 555 g/mol. The highest BCUT2D eigenvalue weighted by atomic mass is 32.2. The molecule has 8 nitrogen and oxygen atoms in total. The number of carbonyl (C=O) groups excluding carboxylic acids is 2. The second kappa shape index (κ2) is 12.8. The summed E-state index contributed by atoms with van der Waals surface area (Å²) in [4.78, 5) is 28.1. The molecule has 0 aliphatic rings. The molecule has 39 heavy (non-hydrogen) atoms. The number of amides is 2. The highest BCUT2D eigenvalue weighted by Crippen LogP contribution is 2.32. The number of aryl methyl sites for hydroxylation is 1. The average Bonchev–Trinajstić information content (AvgIpc) is 2.90. The van der Waals surface area contributed by atoms with Crippen LogP contribution in [0.25, 0.3) is 0 Å². The molecule has 0 saturated heterocycles. The van der Waals surface area contributed by atoms with Crippen LogP contribution in [-0.2, 0) is 26.2 Å². The summed E-state index contributed by atoms with van der Waals surface area (Å²) >= 11 is 0. The Hall–Kier alpha value is -3.92. The van der Waals surface area contributed by atoms with Crippen LogP contribution in [0.3, 0.4) is 0 Å². The van der Waals surface area contributed by atoms with Gasteiger partial charge in [0, 0.05) is 12.6 Å². The lowest BCUT2D eigenvalue weighted by Crippen LogP contribution is -2.52. The molecule has 0 bridgehead atoms. The summed E-state index contributed by atoms with van der Waals surface area (Å²) in [6, 6.07) is 17.3. The zero-order valence-corrected chi connectivity index (χ0v) is 23.5. The number of methoxy groups -OCH3 is 1. The molecule has 0 radical (unpaired) electrons. The van der Waals surface area contributed by atoms with Crippen LogP contribution in [0, 0.1) is 12.7 Å². The zero-order valence-electron chi connectivity index (χ0n) is 22.7. The summed E-state index contributed by atoms with van der Waals surface area (Å²) in [6.07, 6.45) is 0. The fraction of sp³-hybridized carbons (Fsp3) is 0.310. The molecule has 0 aromatic heterocycles. The molecule has 1 atom stereocenters. The van der Waals surface area contributed by atoms with Gasteiger partial charge in [0.1, 0.15) is 24.2 Å². The van der Waals surface area contributed by atoms with E-state index in [4.69, 9.17) is 4.74 Å². The van der Waals surface area contributed by atoms with E-state index in [9.17, 15) is 22.4 Å². The first kappa shape index (κ1) is 29.6. The highest BCUT2D eigenvalue weighted by molar-refractivity contribution is 7.92. The third-order valence-corrected chi connectivity index (χ3v) is 7.88. The van der Waals surface area contributed by atoms with Gasteiger partial charge in [0.15, 0.2) is 0 Å². The fourth-order valence-electron chi connectivity index (χ4n) is 3.96. The van der Waals surface area contributed by atoms with E-state index in [1.165, 1.54) is 48.4 Å². The van der Waals surface area contributed by atoms with Crippen molar-refractivity contribution in [3.05, 3.63) is 89.7 Å². The summed E-state index contributed by atoms with van der Waals surface area (Å²) in [6.45, 7) is 6.38. The Morgan fingerprint density at radius 2 is 1.56 bits per heavy atom. The molecule has 3 aromatic carbocycles. The molecule has 208 valence electrons. The van der Waals surface area contributed by atoms with Crippen molar-refractivity contribution in [2.75, 3.05) is 18.0 Å². The van der Waals surface area contributed by atoms with Gasteiger partial charge in [0.2, 0.25) is 11.8 Å². The van der Waals surface area contributed by atoms with Crippen LogP contribution in [0.2, 0.25) is 0 Å². The third-order valence-electron chi connectivity index (χ3n) is 6.11. The number of carbonyl (C=O) groups is 2. The topological polar surface area (TPSA) is 96.0 Å². The molecule has 0 aliphatic carbocycles. The van der Waals surface area contributed by atoms with Gasteiger partial charge in [-0.1, -0.05) is 42.0 Å². The Bertz CT molecular complexity index is 1390. The number of benzene rings is 3. The van der Waals surface area contributed by atoms with E-state index in [1.54, 1.807) is 57.2 Å². The quantitative estimate of drug-likeness (QED) is 0.381. The van der Waals surface area contributed by atoms with Gasteiger partial charge in [-0.05, 0) is 69.7 Å². The minimum atomic E-state index is -4.22. The number of rotatable bonds is 11. The number of hydrogen-bond donors (Lipinski definition) is 1. The first-order valence-corrected chi connectivity index (χ1v) is 13.9. The number of nitrogens with zero attached hydrogens (tertiary/aromatic N) is 2. The summed E-state index contributed by atoms with van der Waals surface area (Å²) in [5.41, 5.74) is 1.64. The van der Waals surface area contributed by atoms with E-state index in [-0.39, 0.29) is 28.9 Å². The Balaban J connectivity index is 2.06. The number of ether oxygens (including phenoxy) is 1. The summed E-state index contributed by atoms with van der Waals surface area (Å²) in [5.74, 6) is -1.19. The van der Waals surface area contributed by atoms with Crippen LogP contribution in [0.1, 0.15) is 31.9 Å². The fourth-order valence-corrected chi connectivity index (χ4v) is 5.39. The van der Waals surface area contributed by atoms with E-state index < -0.39 is 40.2 Å². The lowest BCUT2D eigenvalue weighted by atomic mass is 10.1. The number of anilines is 1. The molecular weight excluding hydrogens is 521 g/mol. The normalized spacial score (nSPS) is 12.1. The molecular formula is C29H34FN3O5S. The van der Waals surface area contributed by atoms with Crippen molar-refractivity contribution in [2.24, 2.45) is 0 Å². The molecule has 0 aliphatic heterocycles. The van der Waals surface area contributed by atoms with Crippen molar-refractivity contribution in [3.63, 3.8) is 0 Å². The number of nitrogens with one attached hydrogen (secondary N) is 1. The Morgan fingerprint density at radius 1 is 0.949 bits per heavy atom. The molecule has 0 spiro atoms. The van der Waals surface area contributed by atoms with Crippen molar-refractivity contribution < 1.29 is 27.1 Å². The molecule has 0 unspecified atom stereocenters. The first-order valence-electron chi connectivity index (χ1n) is 12.5. The minimum Gasteiger partial charge on any atom is -0.495 e. The molecule has 1 N–H and O–H groups in total. The maximum atomic E-state index is 13.9. The van der Waals surface area contributed by atoms with Gasteiger partial charge in [-0.25, -0.2) is 12.8 Å². The average molecular weight is 556 g/mol. The van der Waals surface area contributed by atoms with Crippen LogP contribution in [-0.4, -0.2) is 50.9 Å². The van der Waals surface area contributed by atoms with E-state index in [1.807, 2.05) is 6.92 Å². The van der Waals surface area contributed by atoms with E-state index in [0.717, 1.165) is 9.87 Å². The van der Waals surface area contributed by atoms with Gasteiger partial charge < -0.3 is 15.0 Å². The molecule has 0 heterocycles. The van der Waals surface area contributed by atoms with Crippen LogP contribution in [0.4, 0.5) is 10.1 Å². The van der Waals surface area contributed by atoms with Crippen molar-refractivity contribution in [3.8, 4) is 5.75 Å². The molecule has 0 fully saturated rings. The molecule has 2 amide bonds. The van der Waals surface area contributed by atoms with Gasteiger partial charge >= 0.3 is 0 Å². The van der Waals surface area contributed by atoms with Crippen LogP contribution in [0.15, 0.2) is 77.7 Å². The highest BCUT2D eigenvalue weighted by Gasteiger charge is 2.33. The van der Waals surface area contributed by atoms with E-state index >= 15 is 0 Å². The SMILES string of the molecule is COc1ccccc1N(CC(=O)N(Cc1ccc(F)cc1)[C@H](C)C(=O)NC(C)C)S(=O)(=O)c1ccc(C)cc1. The van der Waals surface area contributed by atoms with E-state index in [2.05, 4.69) is 5.32 Å². The predicted octanol–water partition coefficient (Wildman–Crippen LogP) is 4.28. The number of halogens is 1.